The van der Waals surface area contributed by atoms with Crippen molar-refractivity contribution in [2.45, 2.75) is 20.8 Å². The first-order valence-electron chi connectivity index (χ1n) is 10.5. The summed E-state index contributed by atoms with van der Waals surface area (Å²) >= 11 is 0. The maximum Gasteiger partial charge on any atom is 0.0741 e. The predicted molar refractivity (Wildman–Crippen MR) is 140 cm³/mol. The molecule has 0 saturated heterocycles. The first-order chi connectivity index (χ1) is 15.1. The Labute approximate surface area is 208 Å². The third kappa shape index (κ3) is 6.15. The summed E-state index contributed by atoms with van der Waals surface area (Å²) in [5.41, 5.74) is 9.51. The summed E-state index contributed by atoms with van der Waals surface area (Å²) in [6.45, 7) is 6.17. The van der Waals surface area contributed by atoms with Gasteiger partial charge in [-0.3, -0.25) is 9.98 Å². The summed E-state index contributed by atoms with van der Waals surface area (Å²) in [4.78, 5) is 9.97. The van der Waals surface area contributed by atoms with Gasteiger partial charge >= 0.3 is 0 Å². The summed E-state index contributed by atoms with van der Waals surface area (Å²) in [6.07, 6.45) is 0. The number of aryl methyl sites for hydroxylation is 1. The van der Waals surface area contributed by atoms with E-state index >= 15 is 0 Å². The average molecular weight is 476 g/mol. The molecule has 0 N–H and O–H groups in total. The van der Waals surface area contributed by atoms with Gasteiger partial charge in [-0.05, 0) is 43.5 Å². The molecule has 0 heterocycles. The van der Waals surface area contributed by atoms with Crippen LogP contribution in [0.3, 0.4) is 0 Å². The number of hydrogen-bond donors (Lipinski definition) is 0. The van der Waals surface area contributed by atoms with E-state index in [1.807, 2.05) is 32.0 Å². The molecule has 0 saturated carbocycles. The molecule has 33 heavy (non-hydrogen) atoms. The van der Waals surface area contributed by atoms with E-state index in [0.29, 0.717) is 0 Å². The second-order valence-corrected chi connectivity index (χ2v) is 7.61. The fraction of sp³-hybridized carbons (Fsp3) is 0.100. The SMILES string of the molecule is CC(=Nc1ccccc1-c1ccccc1)C(C)=Nc1c(C)cccc1-c1ccccc1.[CH3-].[Ni]. The number of para-hydroxylation sites is 2. The molecule has 0 amide bonds. The molecular formula is C30H29N2Ni-. The fourth-order valence-corrected chi connectivity index (χ4v) is 3.60. The number of nitrogens with zero attached hydrogens (tertiary/aromatic N) is 2. The van der Waals surface area contributed by atoms with Gasteiger partial charge in [0.05, 0.1) is 22.8 Å². The number of rotatable bonds is 5. The first kappa shape index (κ1) is 26.0. The zero-order chi connectivity index (χ0) is 21.6. The third-order valence-corrected chi connectivity index (χ3v) is 5.40. The minimum atomic E-state index is 0. The Morgan fingerprint density at radius 1 is 0.545 bits per heavy atom. The summed E-state index contributed by atoms with van der Waals surface area (Å²) in [7, 11) is 0. The summed E-state index contributed by atoms with van der Waals surface area (Å²) in [6, 6.07) is 35.4. The Morgan fingerprint density at radius 2 is 1.03 bits per heavy atom. The molecule has 0 aliphatic rings. The third-order valence-electron chi connectivity index (χ3n) is 5.40. The van der Waals surface area contributed by atoms with Crippen molar-refractivity contribution in [3.63, 3.8) is 0 Å². The molecule has 3 heteroatoms. The molecular weight excluding hydrogens is 447 g/mol. The van der Waals surface area contributed by atoms with Crippen LogP contribution in [0.25, 0.3) is 22.3 Å². The molecule has 4 rings (SSSR count). The van der Waals surface area contributed by atoms with E-state index < -0.39 is 0 Å². The van der Waals surface area contributed by atoms with E-state index in [1.165, 1.54) is 5.56 Å². The quantitative estimate of drug-likeness (QED) is 0.156. The van der Waals surface area contributed by atoms with Crippen LogP contribution in [0.2, 0.25) is 0 Å². The van der Waals surface area contributed by atoms with Crippen molar-refractivity contribution in [2.75, 3.05) is 0 Å². The van der Waals surface area contributed by atoms with Crippen molar-refractivity contribution in [3.05, 3.63) is 116 Å². The maximum absolute atomic E-state index is 5.02. The Hall–Kier alpha value is -3.29. The molecule has 2 nitrogen and oxygen atoms in total. The van der Waals surface area contributed by atoms with Gasteiger partial charge < -0.3 is 7.43 Å². The molecule has 0 unspecified atom stereocenters. The summed E-state index contributed by atoms with van der Waals surface area (Å²) in [5.74, 6) is 0. The van der Waals surface area contributed by atoms with Crippen LogP contribution in [0.4, 0.5) is 11.4 Å². The number of benzene rings is 4. The van der Waals surface area contributed by atoms with Gasteiger partial charge in [-0.25, -0.2) is 0 Å². The largest absolute Gasteiger partial charge is 0.358 e. The van der Waals surface area contributed by atoms with Gasteiger partial charge in [-0.15, -0.1) is 0 Å². The van der Waals surface area contributed by atoms with E-state index in [-0.39, 0.29) is 23.9 Å². The van der Waals surface area contributed by atoms with Gasteiger partial charge in [0.25, 0.3) is 0 Å². The van der Waals surface area contributed by atoms with E-state index in [4.69, 9.17) is 9.98 Å². The molecule has 4 aromatic rings. The molecule has 0 spiro atoms. The molecule has 4 aromatic carbocycles. The van der Waals surface area contributed by atoms with E-state index in [9.17, 15) is 0 Å². The van der Waals surface area contributed by atoms with Crippen LogP contribution < -0.4 is 0 Å². The topological polar surface area (TPSA) is 24.7 Å². The molecule has 0 radical (unpaired) electrons. The Balaban J connectivity index is 0.00000193. The number of aliphatic imine (C=N–C) groups is 2. The first-order valence-corrected chi connectivity index (χ1v) is 10.5. The summed E-state index contributed by atoms with van der Waals surface area (Å²) in [5, 5.41) is 0. The van der Waals surface area contributed by atoms with Crippen molar-refractivity contribution in [3.8, 4) is 22.3 Å². The van der Waals surface area contributed by atoms with Crippen LogP contribution in [-0.2, 0) is 16.5 Å². The Bertz CT molecular complexity index is 1240. The minimum absolute atomic E-state index is 0. The minimum Gasteiger partial charge on any atom is -0.358 e. The Kier molecular flexibility index (Phi) is 9.51. The van der Waals surface area contributed by atoms with Gasteiger partial charge in [0.15, 0.2) is 0 Å². The van der Waals surface area contributed by atoms with Crippen LogP contribution in [0.1, 0.15) is 19.4 Å². The molecule has 0 bridgehead atoms. The van der Waals surface area contributed by atoms with Crippen molar-refractivity contribution >= 4 is 22.8 Å². The maximum atomic E-state index is 5.02. The van der Waals surface area contributed by atoms with E-state index in [0.717, 1.165) is 45.1 Å². The fourth-order valence-electron chi connectivity index (χ4n) is 3.60. The van der Waals surface area contributed by atoms with Gasteiger partial charge in [0.1, 0.15) is 0 Å². The van der Waals surface area contributed by atoms with Gasteiger partial charge in [0.2, 0.25) is 0 Å². The van der Waals surface area contributed by atoms with Crippen molar-refractivity contribution < 1.29 is 16.5 Å². The predicted octanol–water partition coefficient (Wildman–Crippen LogP) is 8.66. The number of hydrogen-bond acceptors (Lipinski definition) is 2. The van der Waals surface area contributed by atoms with E-state index in [1.54, 1.807) is 0 Å². The monoisotopic (exact) mass is 475 g/mol. The van der Waals surface area contributed by atoms with Gasteiger partial charge in [-0.1, -0.05) is 97.1 Å². The van der Waals surface area contributed by atoms with Crippen molar-refractivity contribution in [1.82, 2.24) is 0 Å². The molecule has 0 fully saturated rings. The van der Waals surface area contributed by atoms with Crippen LogP contribution in [-0.4, -0.2) is 11.4 Å². The van der Waals surface area contributed by atoms with Crippen LogP contribution >= 0.6 is 0 Å². The normalized spacial score (nSPS) is 11.4. The van der Waals surface area contributed by atoms with E-state index in [2.05, 4.69) is 91.9 Å². The molecule has 0 atom stereocenters. The molecule has 170 valence electrons. The van der Waals surface area contributed by atoms with Crippen LogP contribution in [0, 0.1) is 14.4 Å². The average Bonchev–Trinajstić information content (AvgIpc) is 2.82. The summed E-state index contributed by atoms with van der Waals surface area (Å²) < 4.78 is 0. The van der Waals surface area contributed by atoms with Crippen LogP contribution in [0.5, 0.6) is 0 Å². The zero-order valence-electron chi connectivity index (χ0n) is 19.5. The Morgan fingerprint density at radius 3 is 1.67 bits per heavy atom. The van der Waals surface area contributed by atoms with Crippen LogP contribution in [0.15, 0.2) is 113 Å². The molecule has 0 aromatic heterocycles. The zero-order valence-corrected chi connectivity index (χ0v) is 20.5. The van der Waals surface area contributed by atoms with Gasteiger partial charge in [0, 0.05) is 27.6 Å². The van der Waals surface area contributed by atoms with Gasteiger partial charge in [-0.2, -0.15) is 0 Å². The second-order valence-electron chi connectivity index (χ2n) is 7.61. The molecule has 0 aliphatic heterocycles. The molecule has 0 aliphatic carbocycles. The van der Waals surface area contributed by atoms with Crippen molar-refractivity contribution in [1.29, 1.82) is 0 Å². The smallest absolute Gasteiger partial charge is 0.0741 e. The standard InChI is InChI=1S/C29H26N2.CH3.Ni/c1-21-13-12-19-27(25-16-8-5-9-17-25)29(21)31-23(3)22(2)30-28-20-11-10-18-26(28)24-14-6-4-7-15-24;;/h4-20H,1-3H3;1H3;/q;-1;. The van der Waals surface area contributed by atoms with Crippen molar-refractivity contribution in [2.24, 2.45) is 9.98 Å². The second kappa shape index (κ2) is 12.1.